The Morgan fingerprint density at radius 1 is 1.09 bits per heavy atom. The van der Waals surface area contributed by atoms with E-state index in [9.17, 15) is 5.11 Å². The lowest BCUT2D eigenvalue weighted by Crippen LogP contribution is -1.96. The molecule has 0 radical (unpaired) electrons. The van der Waals surface area contributed by atoms with E-state index in [-0.39, 0.29) is 7.02 Å². The van der Waals surface area contributed by atoms with E-state index in [1.165, 1.54) is 29.2 Å². The number of aromatic hydroxyl groups is 1. The molecule has 0 aromatic heterocycles. The quantitative estimate of drug-likeness (QED) is 0.254. The number of halogens is 1. The molecule has 2 rings (SSSR count). The SMILES string of the molecule is CCCCOc1ccc(-c2ccc(O)cc2CCC[SiH2]I)cc1. The summed E-state index contributed by atoms with van der Waals surface area (Å²) in [5.74, 6) is 1.29. The Kier molecular flexibility index (Phi) is 7.95. The summed E-state index contributed by atoms with van der Waals surface area (Å²) in [6, 6.07) is 15.4. The van der Waals surface area contributed by atoms with Gasteiger partial charge in [0.2, 0.25) is 0 Å². The average Bonchev–Trinajstić information content (AvgIpc) is 2.56. The summed E-state index contributed by atoms with van der Waals surface area (Å²) in [6.45, 7) is 2.94. The second-order valence-electron chi connectivity index (χ2n) is 5.71. The third-order valence-electron chi connectivity index (χ3n) is 3.85. The van der Waals surface area contributed by atoms with Gasteiger partial charge in [-0.3, -0.25) is 0 Å². The molecule has 124 valence electrons. The maximum absolute atomic E-state index is 9.79. The van der Waals surface area contributed by atoms with Crippen molar-refractivity contribution in [1.29, 1.82) is 0 Å². The van der Waals surface area contributed by atoms with Crippen LogP contribution in [0.25, 0.3) is 11.1 Å². The van der Waals surface area contributed by atoms with Crippen molar-refractivity contribution in [1.82, 2.24) is 0 Å². The Bertz CT molecular complexity index is 599. The molecule has 2 aromatic carbocycles. The van der Waals surface area contributed by atoms with Crippen LogP contribution in [-0.4, -0.2) is 18.7 Å². The van der Waals surface area contributed by atoms with Crippen molar-refractivity contribution in [3.05, 3.63) is 48.0 Å². The maximum atomic E-state index is 9.79. The first-order chi connectivity index (χ1) is 11.2. The van der Waals surface area contributed by atoms with Crippen LogP contribution in [0.15, 0.2) is 42.5 Å². The Labute approximate surface area is 154 Å². The number of phenolic OH excluding ortho intramolecular Hbond substituents is 1. The lowest BCUT2D eigenvalue weighted by Gasteiger charge is -2.11. The van der Waals surface area contributed by atoms with E-state index >= 15 is 0 Å². The van der Waals surface area contributed by atoms with Crippen LogP contribution < -0.4 is 4.74 Å². The highest BCUT2D eigenvalue weighted by molar-refractivity contribution is 14.1. The number of phenols is 1. The average molecular weight is 440 g/mol. The summed E-state index contributed by atoms with van der Waals surface area (Å²) < 4.78 is 5.73. The number of hydrogen-bond donors (Lipinski definition) is 1. The molecule has 4 heteroatoms. The molecule has 0 saturated carbocycles. The molecule has 0 aliphatic heterocycles. The van der Waals surface area contributed by atoms with E-state index in [0.717, 1.165) is 31.6 Å². The molecule has 0 spiro atoms. The van der Waals surface area contributed by atoms with Gasteiger partial charge in [-0.15, -0.1) is 21.8 Å². The standard InChI is InChI=1S/C19H25IO2Si/c1-2-3-12-22-18-9-6-15(7-10-18)19-11-8-17(21)14-16(19)5-4-13-23-20/h6-11,14,21H,2-5,12-13,23H2,1H3. The summed E-state index contributed by atoms with van der Waals surface area (Å²) in [4.78, 5) is 0. The van der Waals surface area contributed by atoms with Gasteiger partial charge in [0, 0.05) is 0 Å². The Morgan fingerprint density at radius 2 is 1.87 bits per heavy atom. The molecular weight excluding hydrogens is 415 g/mol. The van der Waals surface area contributed by atoms with Gasteiger partial charge in [-0.05, 0) is 53.8 Å². The van der Waals surface area contributed by atoms with Crippen LogP contribution in [0.3, 0.4) is 0 Å². The van der Waals surface area contributed by atoms with Crippen molar-refractivity contribution < 1.29 is 9.84 Å². The summed E-state index contributed by atoms with van der Waals surface area (Å²) in [7, 11) is 0.0884. The van der Waals surface area contributed by atoms with Gasteiger partial charge in [-0.25, -0.2) is 0 Å². The van der Waals surface area contributed by atoms with E-state index in [1.54, 1.807) is 6.07 Å². The van der Waals surface area contributed by atoms with Crippen LogP contribution in [0, 0.1) is 0 Å². The number of ether oxygens (including phenoxy) is 1. The third kappa shape index (κ3) is 5.84. The Balaban J connectivity index is 2.13. The molecular formula is C19H25IO2Si. The number of aryl methyl sites for hydroxylation is 1. The molecule has 0 unspecified atom stereocenters. The van der Waals surface area contributed by atoms with Gasteiger partial charge in [-0.1, -0.05) is 44.0 Å². The zero-order chi connectivity index (χ0) is 16.5. The Morgan fingerprint density at radius 3 is 2.57 bits per heavy atom. The zero-order valence-corrected chi connectivity index (χ0v) is 17.3. The molecule has 1 N–H and O–H groups in total. The topological polar surface area (TPSA) is 29.5 Å². The first kappa shape index (κ1) is 18.3. The highest BCUT2D eigenvalue weighted by Crippen LogP contribution is 2.29. The van der Waals surface area contributed by atoms with Gasteiger partial charge in [0.25, 0.3) is 0 Å². The molecule has 0 amide bonds. The fourth-order valence-corrected chi connectivity index (χ4v) is 4.60. The van der Waals surface area contributed by atoms with Crippen LogP contribution in [0.1, 0.15) is 31.7 Å². The summed E-state index contributed by atoms with van der Waals surface area (Å²) >= 11 is 2.55. The molecule has 0 aliphatic rings. The van der Waals surface area contributed by atoms with E-state index in [2.05, 4.69) is 40.9 Å². The van der Waals surface area contributed by atoms with Crippen LogP contribution in [0.2, 0.25) is 6.04 Å². The first-order valence-corrected chi connectivity index (χ1v) is 14.5. The first-order valence-electron chi connectivity index (χ1n) is 8.35. The smallest absolute Gasteiger partial charge is 0.119 e. The predicted molar refractivity (Wildman–Crippen MR) is 110 cm³/mol. The van der Waals surface area contributed by atoms with Crippen LogP contribution >= 0.6 is 21.8 Å². The van der Waals surface area contributed by atoms with Crippen LogP contribution in [0.5, 0.6) is 11.5 Å². The minimum atomic E-state index is 0.0884. The van der Waals surface area contributed by atoms with Gasteiger partial charge in [-0.2, -0.15) is 0 Å². The second-order valence-corrected chi connectivity index (χ2v) is 10.0. The molecule has 2 nitrogen and oxygen atoms in total. The number of benzene rings is 2. The molecule has 0 heterocycles. The van der Waals surface area contributed by atoms with Crippen molar-refractivity contribution in [2.75, 3.05) is 6.61 Å². The maximum Gasteiger partial charge on any atom is 0.119 e. The lowest BCUT2D eigenvalue weighted by atomic mass is 9.96. The lowest BCUT2D eigenvalue weighted by molar-refractivity contribution is 0.309. The molecule has 23 heavy (non-hydrogen) atoms. The van der Waals surface area contributed by atoms with Gasteiger partial charge in [0.15, 0.2) is 0 Å². The highest BCUT2D eigenvalue weighted by atomic mass is 127. The molecule has 0 fully saturated rings. The van der Waals surface area contributed by atoms with Crippen molar-refractivity contribution in [2.24, 2.45) is 0 Å². The van der Waals surface area contributed by atoms with Crippen molar-refractivity contribution in [3.8, 4) is 22.6 Å². The fourth-order valence-electron chi connectivity index (χ4n) is 2.54. The van der Waals surface area contributed by atoms with Crippen molar-refractivity contribution in [2.45, 2.75) is 38.7 Å². The van der Waals surface area contributed by atoms with Gasteiger partial charge in [0.05, 0.1) is 13.6 Å². The molecule has 2 aromatic rings. The van der Waals surface area contributed by atoms with Crippen molar-refractivity contribution in [3.63, 3.8) is 0 Å². The normalized spacial score (nSPS) is 11.2. The van der Waals surface area contributed by atoms with E-state index in [0.29, 0.717) is 5.75 Å². The zero-order valence-electron chi connectivity index (χ0n) is 13.7. The highest BCUT2D eigenvalue weighted by Gasteiger charge is 2.07. The predicted octanol–water partition coefficient (Wildman–Crippen LogP) is 5.11. The summed E-state index contributed by atoms with van der Waals surface area (Å²) in [6.07, 6.45) is 4.48. The van der Waals surface area contributed by atoms with E-state index in [1.807, 2.05) is 24.3 Å². The van der Waals surface area contributed by atoms with Gasteiger partial charge >= 0.3 is 0 Å². The summed E-state index contributed by atoms with van der Waals surface area (Å²) in [5, 5.41) is 9.79. The van der Waals surface area contributed by atoms with E-state index < -0.39 is 0 Å². The number of hydrogen-bond acceptors (Lipinski definition) is 2. The molecule has 0 atom stereocenters. The summed E-state index contributed by atoms with van der Waals surface area (Å²) in [5.41, 5.74) is 3.65. The minimum Gasteiger partial charge on any atom is -0.508 e. The van der Waals surface area contributed by atoms with Crippen LogP contribution in [-0.2, 0) is 6.42 Å². The number of rotatable bonds is 9. The van der Waals surface area contributed by atoms with Crippen molar-refractivity contribution >= 4 is 28.8 Å². The Hall–Kier alpha value is -1.01. The van der Waals surface area contributed by atoms with Crippen LogP contribution in [0.4, 0.5) is 0 Å². The van der Waals surface area contributed by atoms with Gasteiger partial charge in [0.1, 0.15) is 11.5 Å². The second kappa shape index (κ2) is 9.98. The monoisotopic (exact) mass is 440 g/mol. The van der Waals surface area contributed by atoms with E-state index in [4.69, 9.17) is 4.74 Å². The third-order valence-corrected chi connectivity index (χ3v) is 6.91. The fraction of sp³-hybridized carbons (Fsp3) is 0.368. The van der Waals surface area contributed by atoms with Gasteiger partial charge < -0.3 is 9.84 Å². The number of unbranched alkanes of at least 4 members (excludes halogenated alkanes) is 1. The molecule has 0 saturated heterocycles. The minimum absolute atomic E-state index is 0.0884. The molecule has 0 bridgehead atoms. The molecule has 0 aliphatic carbocycles. The largest absolute Gasteiger partial charge is 0.508 e.